The largest absolute Gasteiger partial charge is 0.370 e. The van der Waals surface area contributed by atoms with Crippen molar-refractivity contribution in [3.63, 3.8) is 0 Å². The predicted molar refractivity (Wildman–Crippen MR) is 92.6 cm³/mol. The van der Waals surface area contributed by atoms with Crippen LogP contribution in [0.5, 0.6) is 0 Å². The van der Waals surface area contributed by atoms with Crippen molar-refractivity contribution < 1.29 is 0 Å². The monoisotopic (exact) mass is 327 g/mol. The molecule has 21 heavy (non-hydrogen) atoms. The van der Waals surface area contributed by atoms with Gasteiger partial charge in [-0.2, -0.15) is 0 Å². The molecule has 0 aromatic carbocycles. The van der Waals surface area contributed by atoms with Gasteiger partial charge in [0.15, 0.2) is 11.1 Å². The van der Waals surface area contributed by atoms with Crippen molar-refractivity contribution in [2.24, 2.45) is 16.6 Å². The zero-order valence-electron chi connectivity index (χ0n) is 12.4. The summed E-state index contributed by atoms with van der Waals surface area (Å²) in [4.78, 5) is 8.42. The second-order valence-electron chi connectivity index (χ2n) is 5.04. The van der Waals surface area contributed by atoms with Crippen LogP contribution in [0.2, 0.25) is 5.02 Å². The summed E-state index contributed by atoms with van der Waals surface area (Å²) in [6.07, 6.45) is 3.42. The number of guanidine groups is 1. The van der Waals surface area contributed by atoms with E-state index in [1.807, 2.05) is 12.1 Å². The molecule has 116 valence electrons. The molecule has 1 aromatic rings. The molecule has 0 spiro atoms. The number of aromatic nitrogens is 1. The van der Waals surface area contributed by atoms with Crippen LogP contribution in [0.3, 0.4) is 0 Å². The molecule has 0 amide bonds. The van der Waals surface area contributed by atoms with E-state index in [0.29, 0.717) is 28.6 Å². The Bertz CT molecular complexity index is 490. The van der Waals surface area contributed by atoms with Gasteiger partial charge in [-0.05, 0) is 43.1 Å². The first-order valence-electron chi connectivity index (χ1n) is 6.93. The number of halogens is 1. The fourth-order valence-electron chi connectivity index (χ4n) is 1.54. The van der Waals surface area contributed by atoms with Crippen molar-refractivity contribution in [3.8, 4) is 0 Å². The number of hydrogen-bond acceptors (Lipinski definition) is 3. The maximum atomic E-state index is 6.04. The summed E-state index contributed by atoms with van der Waals surface area (Å²) in [7, 11) is 0. The SMILES string of the molecule is CC(C)CN=C(N)NC(=S)NCCCc1ncccc1Cl. The first-order valence-corrected chi connectivity index (χ1v) is 7.72. The summed E-state index contributed by atoms with van der Waals surface area (Å²) in [6, 6.07) is 3.66. The molecule has 0 saturated heterocycles. The molecular weight excluding hydrogens is 306 g/mol. The normalized spacial score (nSPS) is 11.5. The fourth-order valence-corrected chi connectivity index (χ4v) is 1.96. The first kappa shape index (κ1) is 17.7. The molecule has 0 aliphatic carbocycles. The zero-order chi connectivity index (χ0) is 15.7. The van der Waals surface area contributed by atoms with Crippen LogP contribution in [0, 0.1) is 5.92 Å². The Morgan fingerprint density at radius 2 is 2.29 bits per heavy atom. The Balaban J connectivity index is 2.22. The van der Waals surface area contributed by atoms with Gasteiger partial charge in [0.2, 0.25) is 0 Å². The van der Waals surface area contributed by atoms with E-state index in [9.17, 15) is 0 Å². The van der Waals surface area contributed by atoms with E-state index < -0.39 is 0 Å². The number of hydrogen-bond donors (Lipinski definition) is 3. The summed E-state index contributed by atoms with van der Waals surface area (Å²) in [5.74, 6) is 0.809. The van der Waals surface area contributed by atoms with Crippen LogP contribution < -0.4 is 16.4 Å². The third kappa shape index (κ3) is 7.82. The van der Waals surface area contributed by atoms with E-state index in [1.165, 1.54) is 0 Å². The van der Waals surface area contributed by atoms with Gasteiger partial charge >= 0.3 is 0 Å². The topological polar surface area (TPSA) is 75.3 Å². The minimum Gasteiger partial charge on any atom is -0.370 e. The number of nitrogens with two attached hydrogens (primary N) is 1. The van der Waals surface area contributed by atoms with Crippen LogP contribution in [-0.4, -0.2) is 29.1 Å². The van der Waals surface area contributed by atoms with Crippen molar-refractivity contribution in [2.45, 2.75) is 26.7 Å². The lowest BCUT2D eigenvalue weighted by Crippen LogP contribution is -2.43. The van der Waals surface area contributed by atoms with Gasteiger partial charge in [0.25, 0.3) is 0 Å². The minimum atomic E-state index is 0.342. The van der Waals surface area contributed by atoms with Gasteiger partial charge in [0, 0.05) is 19.3 Å². The van der Waals surface area contributed by atoms with Crippen molar-refractivity contribution in [1.29, 1.82) is 0 Å². The minimum absolute atomic E-state index is 0.342. The van der Waals surface area contributed by atoms with Crippen LogP contribution in [-0.2, 0) is 6.42 Å². The number of pyridine rings is 1. The Labute approximate surface area is 136 Å². The molecule has 0 fully saturated rings. The third-order valence-corrected chi connectivity index (χ3v) is 3.17. The van der Waals surface area contributed by atoms with Crippen LogP contribution in [0.25, 0.3) is 0 Å². The molecular formula is C14H22ClN5S. The third-order valence-electron chi connectivity index (χ3n) is 2.58. The molecule has 0 saturated carbocycles. The average Bonchev–Trinajstić information content (AvgIpc) is 2.43. The van der Waals surface area contributed by atoms with Crippen molar-refractivity contribution >= 4 is 34.9 Å². The number of nitrogens with zero attached hydrogens (tertiary/aromatic N) is 2. The van der Waals surface area contributed by atoms with Gasteiger partial charge in [-0.15, -0.1) is 0 Å². The molecule has 0 radical (unpaired) electrons. The van der Waals surface area contributed by atoms with Crippen molar-refractivity contribution in [2.75, 3.05) is 13.1 Å². The van der Waals surface area contributed by atoms with Crippen LogP contribution >= 0.6 is 23.8 Å². The van der Waals surface area contributed by atoms with Gasteiger partial charge in [0.05, 0.1) is 10.7 Å². The highest BCUT2D eigenvalue weighted by atomic mass is 35.5. The fraction of sp³-hybridized carbons (Fsp3) is 0.500. The number of nitrogens with one attached hydrogen (secondary N) is 2. The van der Waals surface area contributed by atoms with E-state index in [-0.39, 0.29) is 0 Å². The smallest absolute Gasteiger partial charge is 0.194 e. The summed E-state index contributed by atoms with van der Waals surface area (Å²) >= 11 is 11.2. The Morgan fingerprint density at radius 1 is 1.52 bits per heavy atom. The second-order valence-corrected chi connectivity index (χ2v) is 5.85. The molecule has 1 heterocycles. The quantitative estimate of drug-likeness (QED) is 0.323. The Hall–Kier alpha value is -1.40. The average molecular weight is 328 g/mol. The highest BCUT2D eigenvalue weighted by molar-refractivity contribution is 7.80. The summed E-state index contributed by atoms with van der Waals surface area (Å²) in [5, 5.41) is 7.11. The second kappa shape index (κ2) is 9.52. The van der Waals surface area contributed by atoms with Gasteiger partial charge in [-0.1, -0.05) is 25.4 Å². The molecule has 0 aliphatic heterocycles. The lowest BCUT2D eigenvalue weighted by atomic mass is 10.2. The van der Waals surface area contributed by atoms with Crippen molar-refractivity contribution in [3.05, 3.63) is 29.0 Å². The highest BCUT2D eigenvalue weighted by Crippen LogP contribution is 2.13. The van der Waals surface area contributed by atoms with Crippen LogP contribution in [0.15, 0.2) is 23.3 Å². The van der Waals surface area contributed by atoms with Gasteiger partial charge in [-0.3, -0.25) is 9.98 Å². The van der Waals surface area contributed by atoms with Crippen LogP contribution in [0.1, 0.15) is 26.0 Å². The van der Waals surface area contributed by atoms with Crippen LogP contribution in [0.4, 0.5) is 0 Å². The van der Waals surface area contributed by atoms with Crippen molar-refractivity contribution in [1.82, 2.24) is 15.6 Å². The Morgan fingerprint density at radius 3 is 2.95 bits per heavy atom. The Kier molecular flexibility index (Phi) is 8.00. The summed E-state index contributed by atoms with van der Waals surface area (Å²) in [5.41, 5.74) is 6.62. The molecule has 0 bridgehead atoms. The molecule has 1 rings (SSSR count). The molecule has 0 atom stereocenters. The standard InChI is InChI=1S/C14H22ClN5S/c1-10(2)9-19-13(16)20-14(21)18-8-4-6-12-11(15)5-3-7-17-12/h3,5,7,10H,4,6,8-9H2,1-2H3,(H4,16,18,19,20,21). The number of aliphatic imine (C=N–C) groups is 1. The van der Waals surface area contributed by atoms with E-state index in [1.54, 1.807) is 6.20 Å². The first-order chi connectivity index (χ1) is 9.99. The lowest BCUT2D eigenvalue weighted by Gasteiger charge is -2.10. The zero-order valence-corrected chi connectivity index (χ0v) is 14.0. The number of thiocarbonyl (C=S) groups is 1. The van der Waals surface area contributed by atoms with E-state index in [0.717, 1.165) is 25.1 Å². The maximum absolute atomic E-state index is 6.04. The molecule has 0 unspecified atom stereocenters. The van der Waals surface area contributed by atoms with Gasteiger partial charge in [0.1, 0.15) is 0 Å². The summed E-state index contributed by atoms with van der Waals surface area (Å²) in [6.45, 7) is 5.56. The maximum Gasteiger partial charge on any atom is 0.194 e. The van der Waals surface area contributed by atoms with E-state index in [2.05, 4.69) is 34.5 Å². The number of aryl methyl sites for hydroxylation is 1. The molecule has 5 nitrogen and oxygen atoms in total. The lowest BCUT2D eigenvalue weighted by molar-refractivity contribution is 0.663. The predicted octanol–water partition coefficient (Wildman–Crippen LogP) is 2.10. The molecule has 4 N–H and O–H groups in total. The van der Waals surface area contributed by atoms with Gasteiger partial charge in [-0.25, -0.2) is 0 Å². The highest BCUT2D eigenvalue weighted by Gasteiger charge is 2.02. The van der Waals surface area contributed by atoms with E-state index in [4.69, 9.17) is 29.6 Å². The molecule has 7 heteroatoms. The molecule has 1 aromatic heterocycles. The number of rotatable bonds is 6. The molecule has 0 aliphatic rings. The van der Waals surface area contributed by atoms with E-state index >= 15 is 0 Å². The van der Waals surface area contributed by atoms with Gasteiger partial charge < -0.3 is 16.4 Å². The summed E-state index contributed by atoms with van der Waals surface area (Å²) < 4.78 is 0.